The van der Waals surface area contributed by atoms with Crippen LogP contribution in [-0.2, 0) is 0 Å². The van der Waals surface area contributed by atoms with E-state index >= 15 is 0 Å². The van der Waals surface area contributed by atoms with E-state index in [1.807, 2.05) is 30.0 Å². The highest BCUT2D eigenvalue weighted by Crippen LogP contribution is 2.24. The van der Waals surface area contributed by atoms with Crippen molar-refractivity contribution in [1.82, 2.24) is 15.1 Å². The number of H-pyrrole nitrogens is 1. The number of benzene rings is 2. The van der Waals surface area contributed by atoms with E-state index < -0.39 is 0 Å². The third-order valence-corrected chi connectivity index (χ3v) is 5.96. The number of aryl methyl sites for hydroxylation is 1. The number of aromatic nitrogens is 2. The number of anilines is 1. The first-order valence-corrected chi connectivity index (χ1v) is 10.8. The van der Waals surface area contributed by atoms with Gasteiger partial charge in [-0.15, -0.1) is 0 Å². The zero-order chi connectivity index (χ0) is 22.0. The smallest absolute Gasteiger partial charge is 0.273 e. The van der Waals surface area contributed by atoms with Crippen LogP contribution in [0.25, 0.3) is 11.3 Å². The number of piperidine rings is 1. The lowest BCUT2D eigenvalue weighted by atomic mass is 10.0. The molecule has 6 nitrogen and oxygen atoms in total. The Hall–Kier alpha value is -3.12. The zero-order valence-electron chi connectivity index (χ0n) is 17.6. The molecule has 160 valence electrons. The minimum atomic E-state index is -0.299. The molecule has 2 amide bonds. The van der Waals surface area contributed by atoms with Gasteiger partial charge in [0.2, 0.25) is 0 Å². The maximum absolute atomic E-state index is 12.9. The Labute approximate surface area is 186 Å². The predicted molar refractivity (Wildman–Crippen MR) is 123 cm³/mol. The topological polar surface area (TPSA) is 78.1 Å². The van der Waals surface area contributed by atoms with Gasteiger partial charge >= 0.3 is 0 Å². The van der Waals surface area contributed by atoms with Gasteiger partial charge in [0.1, 0.15) is 5.69 Å². The van der Waals surface area contributed by atoms with Gasteiger partial charge in [0.05, 0.1) is 5.69 Å². The number of hydrogen-bond acceptors (Lipinski definition) is 3. The summed E-state index contributed by atoms with van der Waals surface area (Å²) < 4.78 is 0. The van der Waals surface area contributed by atoms with E-state index in [-0.39, 0.29) is 17.9 Å². The molecule has 0 bridgehead atoms. The van der Waals surface area contributed by atoms with Crippen LogP contribution in [0.15, 0.2) is 48.5 Å². The summed E-state index contributed by atoms with van der Waals surface area (Å²) in [7, 11) is 0. The first-order valence-electron chi connectivity index (χ1n) is 10.5. The molecule has 7 heteroatoms. The van der Waals surface area contributed by atoms with Crippen LogP contribution >= 0.6 is 11.6 Å². The average Bonchev–Trinajstić information content (AvgIpc) is 3.25. The summed E-state index contributed by atoms with van der Waals surface area (Å²) in [5.74, 6) is -0.250. The van der Waals surface area contributed by atoms with Crippen LogP contribution in [0.3, 0.4) is 0 Å². The van der Waals surface area contributed by atoms with Crippen LogP contribution in [0.1, 0.15) is 52.6 Å². The second-order valence-electron chi connectivity index (χ2n) is 8.00. The summed E-state index contributed by atoms with van der Waals surface area (Å²) in [6.45, 7) is 4.78. The molecule has 1 atom stereocenters. The van der Waals surface area contributed by atoms with Gasteiger partial charge in [-0.25, -0.2) is 0 Å². The van der Waals surface area contributed by atoms with Gasteiger partial charge in [-0.05, 0) is 75.1 Å². The van der Waals surface area contributed by atoms with Gasteiger partial charge in [0, 0.05) is 34.4 Å². The summed E-state index contributed by atoms with van der Waals surface area (Å²) in [5.41, 5.74) is 3.95. The summed E-state index contributed by atoms with van der Waals surface area (Å²) in [6.07, 6.45) is 3.26. The number of nitrogens with zero attached hydrogens (tertiary/aromatic N) is 2. The Bertz CT molecular complexity index is 1120. The number of halogens is 1. The number of amides is 2. The fraction of sp³-hybridized carbons (Fsp3) is 0.292. The van der Waals surface area contributed by atoms with E-state index in [0.29, 0.717) is 27.7 Å². The Balaban J connectivity index is 1.47. The monoisotopic (exact) mass is 436 g/mol. The van der Waals surface area contributed by atoms with Crippen LogP contribution in [0.4, 0.5) is 5.69 Å². The molecule has 1 saturated heterocycles. The second kappa shape index (κ2) is 8.94. The van der Waals surface area contributed by atoms with Gasteiger partial charge in [-0.2, -0.15) is 5.10 Å². The molecule has 1 aliphatic heterocycles. The average molecular weight is 437 g/mol. The van der Waals surface area contributed by atoms with E-state index in [0.717, 1.165) is 30.5 Å². The molecule has 2 N–H and O–H groups in total. The number of rotatable bonds is 4. The molecule has 1 aromatic heterocycles. The first kappa shape index (κ1) is 21.1. The maximum atomic E-state index is 12.9. The Morgan fingerprint density at radius 2 is 2.00 bits per heavy atom. The molecule has 2 aromatic carbocycles. The van der Waals surface area contributed by atoms with Crippen molar-refractivity contribution in [2.75, 3.05) is 11.9 Å². The van der Waals surface area contributed by atoms with Gasteiger partial charge in [0.15, 0.2) is 0 Å². The number of carbonyl (C=O) groups is 2. The van der Waals surface area contributed by atoms with Crippen molar-refractivity contribution in [3.05, 3.63) is 70.4 Å². The van der Waals surface area contributed by atoms with Crippen LogP contribution in [0, 0.1) is 6.92 Å². The molecule has 1 fully saturated rings. The molecular formula is C24H25ClN4O2. The van der Waals surface area contributed by atoms with Gasteiger partial charge < -0.3 is 10.2 Å². The molecule has 3 aromatic rings. The lowest BCUT2D eigenvalue weighted by Gasteiger charge is -2.33. The molecular weight excluding hydrogens is 412 g/mol. The SMILES string of the molecule is Cc1cc(C(=O)N2CCCCC2C)ccc1NC(=O)c1cc(-c2cccc(Cl)c2)n[nH]1. The van der Waals surface area contributed by atoms with E-state index in [1.54, 1.807) is 30.3 Å². The highest BCUT2D eigenvalue weighted by Gasteiger charge is 2.24. The number of carbonyl (C=O) groups excluding carboxylic acids is 2. The molecule has 0 spiro atoms. The fourth-order valence-corrected chi connectivity index (χ4v) is 4.12. The van der Waals surface area contributed by atoms with Crippen molar-refractivity contribution in [2.24, 2.45) is 0 Å². The van der Waals surface area contributed by atoms with Gasteiger partial charge in [0.25, 0.3) is 11.8 Å². The van der Waals surface area contributed by atoms with Crippen molar-refractivity contribution in [2.45, 2.75) is 39.2 Å². The van der Waals surface area contributed by atoms with Crippen LogP contribution < -0.4 is 5.32 Å². The lowest BCUT2D eigenvalue weighted by molar-refractivity contribution is 0.0635. The zero-order valence-corrected chi connectivity index (χ0v) is 18.4. The Morgan fingerprint density at radius 3 is 2.74 bits per heavy atom. The first-order chi connectivity index (χ1) is 14.9. The molecule has 31 heavy (non-hydrogen) atoms. The lowest BCUT2D eigenvalue weighted by Crippen LogP contribution is -2.42. The Kier molecular flexibility index (Phi) is 6.09. The number of likely N-dealkylation sites (tertiary alicyclic amines) is 1. The van der Waals surface area contributed by atoms with Crippen molar-refractivity contribution < 1.29 is 9.59 Å². The quantitative estimate of drug-likeness (QED) is 0.582. The summed E-state index contributed by atoms with van der Waals surface area (Å²) >= 11 is 6.04. The standard InChI is InChI=1S/C24H25ClN4O2/c1-15-12-18(24(31)29-11-4-3-6-16(29)2)9-10-20(15)26-23(30)22-14-21(27-28-22)17-7-5-8-19(25)13-17/h5,7-10,12-14,16H,3-4,6,11H2,1-2H3,(H,26,30)(H,27,28). The third-order valence-electron chi connectivity index (χ3n) is 5.73. The minimum Gasteiger partial charge on any atom is -0.336 e. The van der Waals surface area contributed by atoms with Crippen LogP contribution in [-0.4, -0.2) is 39.5 Å². The second-order valence-corrected chi connectivity index (χ2v) is 8.44. The van der Waals surface area contributed by atoms with Crippen molar-refractivity contribution in [3.8, 4) is 11.3 Å². The summed E-state index contributed by atoms with van der Waals surface area (Å²) in [4.78, 5) is 27.5. The molecule has 0 radical (unpaired) electrons. The number of hydrogen-bond donors (Lipinski definition) is 2. The highest BCUT2D eigenvalue weighted by molar-refractivity contribution is 6.30. The maximum Gasteiger partial charge on any atom is 0.273 e. The molecule has 0 saturated carbocycles. The van der Waals surface area contributed by atoms with E-state index in [1.165, 1.54) is 6.42 Å². The Morgan fingerprint density at radius 1 is 1.16 bits per heavy atom. The van der Waals surface area contributed by atoms with Crippen molar-refractivity contribution in [3.63, 3.8) is 0 Å². The largest absolute Gasteiger partial charge is 0.336 e. The minimum absolute atomic E-state index is 0.0490. The molecule has 1 unspecified atom stereocenters. The molecule has 4 rings (SSSR count). The molecule has 2 heterocycles. The highest BCUT2D eigenvalue weighted by atomic mass is 35.5. The van der Waals surface area contributed by atoms with E-state index in [4.69, 9.17) is 11.6 Å². The summed E-state index contributed by atoms with van der Waals surface area (Å²) in [6, 6.07) is 14.6. The van der Waals surface area contributed by atoms with Crippen molar-refractivity contribution in [1.29, 1.82) is 0 Å². The molecule has 1 aliphatic rings. The van der Waals surface area contributed by atoms with Crippen LogP contribution in [0.5, 0.6) is 0 Å². The number of aromatic amines is 1. The molecule has 0 aliphatic carbocycles. The summed E-state index contributed by atoms with van der Waals surface area (Å²) in [5, 5.41) is 10.5. The normalized spacial score (nSPS) is 16.2. The number of nitrogens with one attached hydrogen (secondary N) is 2. The third kappa shape index (κ3) is 4.64. The predicted octanol–water partition coefficient (Wildman–Crippen LogP) is 5.31. The van der Waals surface area contributed by atoms with E-state index in [2.05, 4.69) is 22.4 Å². The van der Waals surface area contributed by atoms with Crippen molar-refractivity contribution >= 4 is 29.1 Å². The van der Waals surface area contributed by atoms with E-state index in [9.17, 15) is 9.59 Å². The van der Waals surface area contributed by atoms with Gasteiger partial charge in [-0.3, -0.25) is 14.7 Å². The van der Waals surface area contributed by atoms with Gasteiger partial charge in [-0.1, -0.05) is 23.7 Å². The van der Waals surface area contributed by atoms with Crippen LogP contribution in [0.2, 0.25) is 5.02 Å². The fourth-order valence-electron chi connectivity index (χ4n) is 3.93.